The first-order chi connectivity index (χ1) is 12.8. The Hall–Kier alpha value is -1.69. The molecule has 1 aromatic heterocycles. The van der Waals surface area contributed by atoms with Crippen LogP contribution in [0.3, 0.4) is 0 Å². The van der Waals surface area contributed by atoms with Crippen LogP contribution in [-0.4, -0.2) is 34.7 Å². The van der Waals surface area contributed by atoms with E-state index in [0.29, 0.717) is 16.5 Å². The number of aryl methyl sites for hydroxylation is 1. The number of hydrogen-bond acceptors (Lipinski definition) is 7. The number of nitro benzene ring substituents is 1. The van der Waals surface area contributed by atoms with Crippen molar-refractivity contribution in [1.82, 2.24) is 0 Å². The lowest BCUT2D eigenvalue weighted by molar-refractivity contribution is -0.686. The number of nitrogens with one attached hydrogen (secondary N) is 1. The van der Waals surface area contributed by atoms with Crippen molar-refractivity contribution in [2.75, 3.05) is 5.32 Å². The second kappa shape index (κ2) is 7.97. The lowest BCUT2D eigenvalue weighted by atomic mass is 10.3. The van der Waals surface area contributed by atoms with Crippen molar-refractivity contribution in [3.05, 3.63) is 45.5 Å². The highest BCUT2D eigenvalue weighted by Crippen LogP contribution is 2.68. The molecule has 2 aromatic rings. The molecule has 154 valence electrons. The first-order valence-electron chi connectivity index (χ1n) is 7.59. The predicted octanol–water partition coefficient (Wildman–Crippen LogP) is 1.39. The van der Waals surface area contributed by atoms with Gasteiger partial charge in [0, 0.05) is 23.9 Å². The van der Waals surface area contributed by atoms with Crippen LogP contribution in [0.2, 0.25) is 0 Å². The van der Waals surface area contributed by atoms with Crippen LogP contribution < -0.4 is 9.88 Å². The van der Waals surface area contributed by atoms with Crippen LogP contribution in [0.1, 0.15) is 12.1 Å². The van der Waals surface area contributed by atoms with Gasteiger partial charge in [-0.1, -0.05) is 11.3 Å². The number of benzene rings is 1. The molecular formula is C13H18N3O9P2S+. The molecular weight excluding hydrogens is 436 g/mol. The molecule has 0 aliphatic rings. The number of rotatable bonds is 8. The largest absolute Gasteiger partial charge is 0.369 e. The highest BCUT2D eigenvalue weighted by Gasteiger charge is 2.59. The fourth-order valence-electron chi connectivity index (χ4n) is 2.32. The molecule has 0 aliphatic carbocycles. The molecule has 15 heteroatoms. The van der Waals surface area contributed by atoms with Gasteiger partial charge in [0.2, 0.25) is 0 Å². The van der Waals surface area contributed by atoms with Crippen molar-refractivity contribution >= 4 is 43.0 Å². The number of anilines is 2. The normalized spacial score (nSPS) is 12.8. The molecule has 0 bridgehead atoms. The zero-order valence-corrected chi connectivity index (χ0v) is 17.0. The smallest absolute Gasteiger partial charge is 0.367 e. The molecule has 0 radical (unpaired) electrons. The predicted molar refractivity (Wildman–Crippen MR) is 99.3 cm³/mol. The van der Waals surface area contributed by atoms with E-state index in [1.165, 1.54) is 40.2 Å². The summed E-state index contributed by atoms with van der Waals surface area (Å²) in [6.07, 6.45) is -0.904. The van der Waals surface area contributed by atoms with Crippen LogP contribution in [0.25, 0.3) is 0 Å². The summed E-state index contributed by atoms with van der Waals surface area (Å²) < 4.78 is 24.4. The van der Waals surface area contributed by atoms with Gasteiger partial charge in [-0.05, 0) is 19.1 Å². The van der Waals surface area contributed by atoms with Crippen molar-refractivity contribution in [2.24, 2.45) is 0 Å². The van der Waals surface area contributed by atoms with E-state index in [9.17, 15) is 43.9 Å². The van der Waals surface area contributed by atoms with Gasteiger partial charge < -0.3 is 24.7 Å². The summed E-state index contributed by atoms with van der Waals surface area (Å²) in [5.41, 5.74) is 0.990. The van der Waals surface area contributed by atoms with Crippen LogP contribution in [0.15, 0.2) is 29.6 Å². The van der Waals surface area contributed by atoms with Crippen molar-refractivity contribution in [3.63, 3.8) is 0 Å². The minimum Gasteiger partial charge on any atom is -0.367 e. The Morgan fingerprint density at radius 3 is 2.18 bits per heavy atom. The second-order valence-electron chi connectivity index (χ2n) is 5.88. The third-order valence-electron chi connectivity index (χ3n) is 3.95. The number of nitrogens with zero attached hydrogens (tertiary/aromatic N) is 2. The Balaban J connectivity index is 2.26. The lowest BCUT2D eigenvalue weighted by Gasteiger charge is -2.28. The summed E-state index contributed by atoms with van der Waals surface area (Å²) in [7, 11) is -11.1. The van der Waals surface area contributed by atoms with E-state index in [-0.39, 0.29) is 12.2 Å². The molecule has 0 amide bonds. The maximum atomic E-state index is 11.5. The molecule has 1 heterocycles. The summed E-state index contributed by atoms with van der Waals surface area (Å²) in [5, 5.41) is 22.3. The zero-order chi connectivity index (χ0) is 21.3. The maximum Gasteiger partial charge on any atom is 0.369 e. The van der Waals surface area contributed by atoms with Gasteiger partial charge in [0.1, 0.15) is 11.4 Å². The summed E-state index contributed by atoms with van der Waals surface area (Å²) in [4.78, 5) is 47.1. The highest BCUT2D eigenvalue weighted by molar-refractivity contribution is 7.72. The highest BCUT2D eigenvalue weighted by atomic mass is 32.1. The molecule has 0 spiro atoms. The molecule has 1 aromatic carbocycles. The average molecular weight is 454 g/mol. The van der Waals surface area contributed by atoms with Gasteiger partial charge in [0.25, 0.3) is 10.8 Å². The first-order valence-corrected chi connectivity index (χ1v) is 11.7. The van der Waals surface area contributed by atoms with Crippen molar-refractivity contribution in [3.8, 4) is 0 Å². The third-order valence-corrected chi connectivity index (χ3v) is 8.83. The van der Waals surface area contributed by atoms with Crippen molar-refractivity contribution in [1.29, 1.82) is 0 Å². The number of thiazole rings is 1. The molecule has 0 fully saturated rings. The van der Waals surface area contributed by atoms with Gasteiger partial charge in [-0.15, -0.1) is 0 Å². The minimum atomic E-state index is -5.54. The molecule has 6 N–H and O–H groups in total. The Morgan fingerprint density at radius 2 is 1.71 bits per heavy atom. The number of hydrogen-bond donors (Lipinski definition) is 6. The van der Waals surface area contributed by atoms with Gasteiger partial charge in [-0.3, -0.25) is 19.2 Å². The molecule has 0 saturated heterocycles. The van der Waals surface area contributed by atoms with E-state index < -0.39 is 31.6 Å². The Kier molecular flexibility index (Phi) is 6.44. The Labute approximate surface area is 162 Å². The molecule has 0 aliphatic heterocycles. The molecule has 28 heavy (non-hydrogen) atoms. The van der Waals surface area contributed by atoms with E-state index in [1.54, 1.807) is 12.3 Å². The van der Waals surface area contributed by atoms with E-state index in [0.717, 1.165) is 0 Å². The van der Waals surface area contributed by atoms with E-state index in [2.05, 4.69) is 5.32 Å². The van der Waals surface area contributed by atoms with E-state index >= 15 is 0 Å². The van der Waals surface area contributed by atoms with Gasteiger partial charge in [-0.25, -0.2) is 9.88 Å². The maximum absolute atomic E-state index is 11.5. The summed E-state index contributed by atoms with van der Waals surface area (Å²) >= 11 is 1.20. The molecule has 0 saturated carbocycles. The number of aromatic nitrogens is 1. The lowest BCUT2D eigenvalue weighted by Crippen LogP contribution is -2.41. The first kappa shape index (κ1) is 22.6. The summed E-state index contributed by atoms with van der Waals surface area (Å²) in [5.74, 6) is 0. The number of nitro groups is 1. The van der Waals surface area contributed by atoms with Gasteiger partial charge in [-0.2, -0.15) is 0 Å². The van der Waals surface area contributed by atoms with Crippen LogP contribution in [0, 0.1) is 17.0 Å². The van der Waals surface area contributed by atoms with Crippen LogP contribution in [0.4, 0.5) is 16.5 Å². The Bertz CT molecular complexity index is 944. The number of non-ortho nitro benzene ring substituents is 1. The topological polar surface area (TPSA) is 194 Å². The van der Waals surface area contributed by atoms with Crippen molar-refractivity contribution in [2.45, 2.75) is 25.0 Å². The standard InChI is InChI=1S/C13H17N3O9P2S/c1-9-8-28-12(14-10-2-4-11(5-3-10)16(18)19)15(9)7-6-13(17,26(20,21)22)27(23,24)25/h2-5,8,17H,6-7H2,1H3,(H4,20,21,22,23,24,25)/p+1. The van der Waals surface area contributed by atoms with Crippen LogP contribution in [-0.2, 0) is 15.7 Å². The molecule has 0 atom stereocenters. The van der Waals surface area contributed by atoms with Crippen molar-refractivity contribution < 1.29 is 43.3 Å². The molecule has 0 unspecified atom stereocenters. The van der Waals surface area contributed by atoms with Gasteiger partial charge >= 0.3 is 20.3 Å². The van der Waals surface area contributed by atoms with Gasteiger partial charge in [0.15, 0.2) is 0 Å². The fraction of sp³-hybridized carbons (Fsp3) is 0.308. The average Bonchev–Trinajstić information content (AvgIpc) is 2.91. The van der Waals surface area contributed by atoms with E-state index in [1.807, 2.05) is 0 Å². The third kappa shape index (κ3) is 4.65. The quantitative estimate of drug-likeness (QED) is 0.147. The number of aliphatic hydroxyl groups is 1. The van der Waals surface area contributed by atoms with Crippen LogP contribution in [0.5, 0.6) is 0 Å². The monoisotopic (exact) mass is 454 g/mol. The van der Waals surface area contributed by atoms with Crippen LogP contribution >= 0.6 is 26.5 Å². The Morgan fingerprint density at radius 1 is 1.18 bits per heavy atom. The van der Waals surface area contributed by atoms with E-state index in [4.69, 9.17) is 0 Å². The SMILES string of the molecule is Cc1csc(Nc2ccc([N+](=O)[O-])cc2)[n+]1CCC(O)(P(=O)(O)O)P(=O)(O)O. The zero-order valence-electron chi connectivity index (χ0n) is 14.4. The fourth-order valence-corrected chi connectivity index (χ4v) is 5.40. The molecule has 2 rings (SSSR count). The summed E-state index contributed by atoms with van der Waals surface area (Å²) in [6.45, 7) is 1.35. The second-order valence-corrected chi connectivity index (χ2v) is 10.7. The minimum absolute atomic E-state index is 0.103. The van der Waals surface area contributed by atoms with Gasteiger partial charge in [0.05, 0.1) is 11.5 Å². The molecule has 12 nitrogen and oxygen atoms in total. The summed E-state index contributed by atoms with van der Waals surface area (Å²) in [6, 6.07) is 5.49.